The van der Waals surface area contributed by atoms with Crippen LogP contribution in [0.25, 0.3) is 0 Å². The minimum absolute atomic E-state index is 0.0925. The number of nitrogens with one attached hydrogen (secondary N) is 1. The second kappa shape index (κ2) is 4.43. The molecule has 0 saturated carbocycles. The first-order valence-electron chi connectivity index (χ1n) is 5.23. The van der Waals surface area contributed by atoms with E-state index in [0.29, 0.717) is 13.0 Å². The minimum Gasteiger partial charge on any atom is -0.497 e. The quantitative estimate of drug-likeness (QED) is 0.837. The summed E-state index contributed by atoms with van der Waals surface area (Å²) in [5.74, 6) is 1.87. The van der Waals surface area contributed by atoms with Crippen LogP contribution in [0.1, 0.15) is 17.9 Å². The normalized spacial score (nSPS) is 19.4. The average Bonchev–Trinajstić information content (AvgIpc) is 2.75. The number of benzene rings is 1. The highest BCUT2D eigenvalue weighted by molar-refractivity contribution is 5.79. The van der Waals surface area contributed by atoms with Gasteiger partial charge in [-0.05, 0) is 18.2 Å². The van der Waals surface area contributed by atoms with E-state index in [9.17, 15) is 4.79 Å². The van der Waals surface area contributed by atoms with Gasteiger partial charge in [0.1, 0.15) is 11.5 Å². The molecule has 1 amide bonds. The molecule has 1 aromatic rings. The van der Waals surface area contributed by atoms with Gasteiger partial charge in [0.05, 0.1) is 14.2 Å². The number of rotatable bonds is 3. The number of carbonyl (C=O) groups excluding carboxylic acids is 1. The molecule has 86 valence electrons. The van der Waals surface area contributed by atoms with Crippen LogP contribution in [0.2, 0.25) is 0 Å². The molecule has 2 rings (SSSR count). The van der Waals surface area contributed by atoms with E-state index in [0.717, 1.165) is 17.1 Å². The Bertz CT molecular complexity index is 403. The molecule has 0 radical (unpaired) electrons. The van der Waals surface area contributed by atoms with Crippen molar-refractivity contribution in [3.05, 3.63) is 23.8 Å². The van der Waals surface area contributed by atoms with Gasteiger partial charge in [-0.2, -0.15) is 0 Å². The Morgan fingerprint density at radius 1 is 1.31 bits per heavy atom. The molecule has 0 aliphatic carbocycles. The summed E-state index contributed by atoms with van der Waals surface area (Å²) in [5.41, 5.74) is 1.03. The third kappa shape index (κ3) is 1.96. The molecule has 0 aromatic heterocycles. The van der Waals surface area contributed by atoms with Crippen molar-refractivity contribution >= 4 is 5.91 Å². The second-order valence-electron chi connectivity index (χ2n) is 3.81. The van der Waals surface area contributed by atoms with Crippen LogP contribution in [0.4, 0.5) is 0 Å². The zero-order valence-corrected chi connectivity index (χ0v) is 9.45. The first-order chi connectivity index (χ1) is 7.74. The molecule has 0 bridgehead atoms. The van der Waals surface area contributed by atoms with Gasteiger partial charge < -0.3 is 14.8 Å². The van der Waals surface area contributed by atoms with E-state index in [2.05, 4.69) is 5.32 Å². The van der Waals surface area contributed by atoms with Crippen molar-refractivity contribution in [2.24, 2.45) is 0 Å². The molecule has 1 atom stereocenters. The second-order valence-corrected chi connectivity index (χ2v) is 3.81. The van der Waals surface area contributed by atoms with Gasteiger partial charge in [-0.15, -0.1) is 0 Å². The van der Waals surface area contributed by atoms with E-state index in [-0.39, 0.29) is 11.8 Å². The van der Waals surface area contributed by atoms with Crippen LogP contribution in [-0.2, 0) is 4.79 Å². The standard InChI is InChI=1S/C12H15NO3/c1-15-9-3-4-11(16-2)10(6-9)8-5-12(14)13-7-8/h3-4,6,8H,5,7H2,1-2H3,(H,13,14)/t8-/m1/s1. The molecule has 1 fully saturated rings. The van der Waals surface area contributed by atoms with Crippen LogP contribution in [0.3, 0.4) is 0 Å². The first kappa shape index (κ1) is 10.8. The zero-order chi connectivity index (χ0) is 11.5. The van der Waals surface area contributed by atoms with Crippen LogP contribution < -0.4 is 14.8 Å². The monoisotopic (exact) mass is 221 g/mol. The van der Waals surface area contributed by atoms with Gasteiger partial charge in [0.15, 0.2) is 0 Å². The molecule has 4 heteroatoms. The number of hydrogen-bond donors (Lipinski definition) is 1. The van der Waals surface area contributed by atoms with Crippen molar-refractivity contribution in [1.29, 1.82) is 0 Å². The highest BCUT2D eigenvalue weighted by Gasteiger charge is 2.25. The fraction of sp³-hybridized carbons (Fsp3) is 0.417. The summed E-state index contributed by atoms with van der Waals surface area (Å²) in [6.45, 7) is 0.669. The number of amides is 1. The molecule has 1 heterocycles. The fourth-order valence-electron chi connectivity index (χ4n) is 1.98. The maximum Gasteiger partial charge on any atom is 0.220 e. The van der Waals surface area contributed by atoms with Crippen molar-refractivity contribution in [2.45, 2.75) is 12.3 Å². The topological polar surface area (TPSA) is 47.6 Å². The van der Waals surface area contributed by atoms with Gasteiger partial charge in [-0.1, -0.05) is 0 Å². The summed E-state index contributed by atoms with van der Waals surface area (Å²) >= 11 is 0. The molecular weight excluding hydrogens is 206 g/mol. The van der Waals surface area contributed by atoms with Crippen molar-refractivity contribution in [3.8, 4) is 11.5 Å². The highest BCUT2D eigenvalue weighted by Crippen LogP contribution is 2.33. The maximum atomic E-state index is 11.2. The lowest BCUT2D eigenvalue weighted by Crippen LogP contribution is -2.13. The van der Waals surface area contributed by atoms with Gasteiger partial charge in [0, 0.05) is 24.4 Å². The molecule has 0 unspecified atom stereocenters. The molecule has 16 heavy (non-hydrogen) atoms. The minimum atomic E-state index is 0.0925. The number of carbonyl (C=O) groups is 1. The summed E-state index contributed by atoms with van der Waals surface area (Å²) < 4.78 is 10.5. The average molecular weight is 221 g/mol. The largest absolute Gasteiger partial charge is 0.497 e. The first-order valence-corrected chi connectivity index (χ1v) is 5.23. The Morgan fingerprint density at radius 3 is 2.69 bits per heavy atom. The van der Waals surface area contributed by atoms with Gasteiger partial charge >= 0.3 is 0 Å². The summed E-state index contributed by atoms with van der Waals surface area (Å²) in [5, 5.41) is 2.82. The van der Waals surface area contributed by atoms with Crippen molar-refractivity contribution in [1.82, 2.24) is 5.32 Å². The Balaban J connectivity index is 2.33. The summed E-state index contributed by atoms with van der Waals surface area (Å²) in [4.78, 5) is 11.2. The lowest BCUT2D eigenvalue weighted by molar-refractivity contribution is -0.119. The Hall–Kier alpha value is -1.71. The molecule has 4 nitrogen and oxygen atoms in total. The number of ether oxygens (including phenoxy) is 2. The van der Waals surface area contributed by atoms with Gasteiger partial charge in [0.2, 0.25) is 5.91 Å². The van der Waals surface area contributed by atoms with E-state index in [1.807, 2.05) is 18.2 Å². The van der Waals surface area contributed by atoms with E-state index in [1.54, 1.807) is 14.2 Å². The third-order valence-corrected chi connectivity index (χ3v) is 2.85. The van der Waals surface area contributed by atoms with E-state index >= 15 is 0 Å². The Morgan fingerprint density at radius 2 is 2.12 bits per heavy atom. The van der Waals surface area contributed by atoms with Crippen LogP contribution in [0.5, 0.6) is 11.5 Å². The van der Waals surface area contributed by atoms with Crippen molar-refractivity contribution < 1.29 is 14.3 Å². The summed E-state index contributed by atoms with van der Waals surface area (Å²) in [6.07, 6.45) is 0.517. The maximum absolute atomic E-state index is 11.2. The number of methoxy groups -OCH3 is 2. The van der Waals surface area contributed by atoms with E-state index in [1.165, 1.54) is 0 Å². The molecule has 1 aromatic carbocycles. The molecule has 1 aliphatic rings. The highest BCUT2D eigenvalue weighted by atomic mass is 16.5. The van der Waals surface area contributed by atoms with E-state index < -0.39 is 0 Å². The van der Waals surface area contributed by atoms with Crippen molar-refractivity contribution in [3.63, 3.8) is 0 Å². The third-order valence-electron chi connectivity index (χ3n) is 2.85. The zero-order valence-electron chi connectivity index (χ0n) is 9.45. The van der Waals surface area contributed by atoms with Gasteiger partial charge in [-0.3, -0.25) is 4.79 Å². The van der Waals surface area contributed by atoms with Crippen LogP contribution in [0, 0.1) is 0 Å². The predicted molar refractivity (Wildman–Crippen MR) is 59.9 cm³/mol. The fourth-order valence-corrected chi connectivity index (χ4v) is 1.98. The Kier molecular flexibility index (Phi) is 2.99. The lowest BCUT2D eigenvalue weighted by atomic mass is 9.97. The molecule has 1 N–H and O–H groups in total. The molecule has 1 aliphatic heterocycles. The smallest absolute Gasteiger partial charge is 0.220 e. The number of hydrogen-bond acceptors (Lipinski definition) is 3. The van der Waals surface area contributed by atoms with Crippen molar-refractivity contribution in [2.75, 3.05) is 20.8 Å². The molecular formula is C12H15NO3. The Labute approximate surface area is 94.6 Å². The summed E-state index contributed by atoms with van der Waals surface area (Å²) in [6, 6.07) is 5.66. The SMILES string of the molecule is COc1ccc(OC)c([C@H]2CNC(=O)C2)c1. The van der Waals surface area contributed by atoms with Crippen LogP contribution in [0.15, 0.2) is 18.2 Å². The van der Waals surface area contributed by atoms with E-state index in [4.69, 9.17) is 9.47 Å². The molecule has 1 saturated heterocycles. The van der Waals surface area contributed by atoms with Crippen LogP contribution >= 0.6 is 0 Å². The predicted octanol–water partition coefficient (Wildman–Crippen LogP) is 1.31. The lowest BCUT2D eigenvalue weighted by Gasteiger charge is -2.14. The van der Waals surface area contributed by atoms with Gasteiger partial charge in [0.25, 0.3) is 0 Å². The van der Waals surface area contributed by atoms with Crippen LogP contribution in [-0.4, -0.2) is 26.7 Å². The molecule has 0 spiro atoms. The van der Waals surface area contributed by atoms with Gasteiger partial charge in [-0.25, -0.2) is 0 Å². The summed E-state index contributed by atoms with van der Waals surface area (Å²) in [7, 11) is 3.26.